The van der Waals surface area contributed by atoms with Gasteiger partial charge in [-0.2, -0.15) is 5.10 Å². The Labute approximate surface area is 425 Å². The zero-order valence-corrected chi connectivity index (χ0v) is 41.9. The third-order valence-electron chi connectivity index (χ3n) is 15.1. The van der Waals surface area contributed by atoms with Crippen LogP contribution in [0, 0.1) is 17.7 Å². The number of fused-ring (bicyclic) bond motifs is 1. The largest absolute Gasteiger partial charge is 0.346 e. The Bertz CT molecular complexity index is 2890. The van der Waals surface area contributed by atoms with Gasteiger partial charge in [0, 0.05) is 116 Å². The monoisotopic (exact) mass is 996 g/mol. The fourth-order valence-corrected chi connectivity index (χ4v) is 10.6. The van der Waals surface area contributed by atoms with Crippen LogP contribution in [-0.4, -0.2) is 179 Å². The Kier molecular flexibility index (Phi) is 16.3. The molecule has 0 aliphatic carbocycles. The summed E-state index contributed by atoms with van der Waals surface area (Å²) in [7, 11) is 1.81. The zero-order valence-electron chi connectivity index (χ0n) is 41.9. The standard InChI is InChI=1S/C55H66FN11O6/c1-3-37-7-6-8-41(27-37)42-31-48(59-49(68)34-57-32-40-13-16-62(2)50(69)30-40)52(58-33-42)55(73)66-17-14-38(15-18-66)35-63-19-21-64(22-20-63)36-51(70)65-23-25-67(26-24-65)54(72)45-28-39(11-12-46(45)56)29-47-43-9-4-5-10-44(43)53(71)61-60-47/h4-12,27-28,31,33,38,40,57H,3,13-26,29-30,32,34-36H2,1-2H3,(H,59,68)(H,61,71)/t40-/m0/s1. The Morgan fingerprint density at radius 2 is 1.44 bits per heavy atom. The lowest BCUT2D eigenvalue weighted by atomic mass is 9.95. The summed E-state index contributed by atoms with van der Waals surface area (Å²) in [5, 5.41) is 14.2. The van der Waals surface area contributed by atoms with Gasteiger partial charge in [0.25, 0.3) is 17.4 Å². The van der Waals surface area contributed by atoms with Crippen molar-refractivity contribution in [3.63, 3.8) is 0 Å². The molecule has 9 rings (SSSR count). The van der Waals surface area contributed by atoms with Gasteiger partial charge in [0.15, 0.2) is 5.69 Å². The molecule has 2 aromatic heterocycles. The van der Waals surface area contributed by atoms with E-state index >= 15 is 4.39 Å². The number of amides is 5. The highest BCUT2D eigenvalue weighted by Gasteiger charge is 2.32. The third kappa shape index (κ3) is 12.5. The summed E-state index contributed by atoms with van der Waals surface area (Å²) in [6, 6.07) is 21.6. The van der Waals surface area contributed by atoms with Crippen LogP contribution in [0.4, 0.5) is 10.1 Å². The van der Waals surface area contributed by atoms with E-state index < -0.39 is 11.7 Å². The lowest BCUT2D eigenvalue weighted by Gasteiger charge is -2.40. The molecule has 4 aliphatic rings. The number of piperidine rings is 2. The molecule has 73 heavy (non-hydrogen) atoms. The number of benzene rings is 3. The lowest BCUT2D eigenvalue weighted by molar-refractivity contribution is -0.134. The molecule has 0 unspecified atom stereocenters. The smallest absolute Gasteiger partial charge is 0.274 e. The van der Waals surface area contributed by atoms with Crippen LogP contribution < -0.4 is 16.2 Å². The molecular weight excluding hydrogens is 930 g/mol. The number of anilines is 1. The number of H-pyrrole nitrogens is 1. The molecule has 0 saturated carbocycles. The summed E-state index contributed by atoms with van der Waals surface area (Å²) in [6.45, 7) is 10.3. The highest BCUT2D eigenvalue weighted by molar-refractivity contribution is 6.03. The topological polar surface area (TPSA) is 187 Å². The highest BCUT2D eigenvalue weighted by atomic mass is 19.1. The van der Waals surface area contributed by atoms with Crippen LogP contribution in [0.3, 0.4) is 0 Å². The van der Waals surface area contributed by atoms with E-state index in [1.54, 1.807) is 45.2 Å². The van der Waals surface area contributed by atoms with Crippen molar-refractivity contribution in [2.24, 2.45) is 11.8 Å². The Hall–Kier alpha value is -6.89. The van der Waals surface area contributed by atoms with Gasteiger partial charge in [-0.15, -0.1) is 0 Å². The summed E-state index contributed by atoms with van der Waals surface area (Å²) in [5.41, 5.74) is 4.52. The number of nitrogens with zero attached hydrogens (tertiary/aromatic N) is 8. The molecule has 0 spiro atoms. The molecule has 0 bridgehead atoms. The maximum atomic E-state index is 15.1. The van der Waals surface area contributed by atoms with E-state index in [2.05, 4.69) is 54.7 Å². The summed E-state index contributed by atoms with van der Waals surface area (Å²) >= 11 is 0. The summed E-state index contributed by atoms with van der Waals surface area (Å²) in [4.78, 5) is 95.3. The quantitative estimate of drug-likeness (QED) is 0.137. The van der Waals surface area contributed by atoms with Crippen molar-refractivity contribution in [3.05, 3.63) is 123 Å². The number of rotatable bonds is 15. The molecule has 1 atom stereocenters. The van der Waals surface area contributed by atoms with E-state index in [0.717, 1.165) is 69.5 Å². The first kappa shape index (κ1) is 51.0. The van der Waals surface area contributed by atoms with Gasteiger partial charge in [0.1, 0.15) is 5.82 Å². The number of aromatic nitrogens is 3. The van der Waals surface area contributed by atoms with E-state index in [9.17, 15) is 28.8 Å². The van der Waals surface area contributed by atoms with Crippen LogP contribution in [0.1, 0.15) is 70.3 Å². The minimum atomic E-state index is -0.614. The second-order valence-electron chi connectivity index (χ2n) is 20.0. The average molecular weight is 996 g/mol. The number of piperazine rings is 2. The minimum Gasteiger partial charge on any atom is -0.346 e. The summed E-state index contributed by atoms with van der Waals surface area (Å²) in [6.07, 6.45) is 5.91. The molecule has 4 fully saturated rings. The molecule has 4 saturated heterocycles. The molecule has 18 heteroatoms. The van der Waals surface area contributed by atoms with Gasteiger partial charge in [-0.25, -0.2) is 14.5 Å². The predicted octanol–water partition coefficient (Wildman–Crippen LogP) is 4.13. The molecule has 3 aromatic carbocycles. The molecular formula is C55H66FN11O6. The molecule has 384 valence electrons. The average Bonchev–Trinajstić information content (AvgIpc) is 3.41. The molecule has 5 aromatic rings. The van der Waals surface area contributed by atoms with Crippen molar-refractivity contribution in [3.8, 4) is 11.1 Å². The number of carbonyl (C=O) groups excluding carboxylic acids is 5. The fourth-order valence-electron chi connectivity index (χ4n) is 10.6. The van der Waals surface area contributed by atoms with Gasteiger partial charge in [-0.1, -0.05) is 55.5 Å². The number of pyridine rings is 1. The summed E-state index contributed by atoms with van der Waals surface area (Å²) in [5.74, 6) is -0.814. The Balaban J connectivity index is 0.718. The number of likely N-dealkylation sites (tertiary alicyclic amines) is 2. The van der Waals surface area contributed by atoms with Gasteiger partial charge < -0.3 is 35.1 Å². The van der Waals surface area contributed by atoms with Crippen LogP contribution in [0.25, 0.3) is 21.9 Å². The number of nitrogens with one attached hydrogen (secondary N) is 3. The molecule has 4 aliphatic heterocycles. The van der Waals surface area contributed by atoms with E-state index in [1.165, 1.54) is 11.6 Å². The fraction of sp³-hybridized carbons (Fsp3) is 0.455. The Morgan fingerprint density at radius 1 is 0.726 bits per heavy atom. The van der Waals surface area contributed by atoms with Crippen molar-refractivity contribution in [1.29, 1.82) is 0 Å². The number of carbonyl (C=O) groups is 5. The van der Waals surface area contributed by atoms with Gasteiger partial charge in [0.2, 0.25) is 17.7 Å². The van der Waals surface area contributed by atoms with Crippen molar-refractivity contribution < 1.29 is 28.4 Å². The van der Waals surface area contributed by atoms with Crippen molar-refractivity contribution >= 4 is 46.0 Å². The molecule has 6 heterocycles. The molecule has 5 amide bonds. The van der Waals surface area contributed by atoms with Gasteiger partial charge >= 0.3 is 0 Å². The molecule has 3 N–H and O–H groups in total. The first-order chi connectivity index (χ1) is 35.4. The van der Waals surface area contributed by atoms with Crippen LogP contribution in [0.2, 0.25) is 0 Å². The van der Waals surface area contributed by atoms with E-state index in [1.807, 2.05) is 42.3 Å². The maximum absolute atomic E-state index is 15.1. The lowest BCUT2D eigenvalue weighted by Crippen LogP contribution is -2.55. The number of halogens is 1. The van der Waals surface area contributed by atoms with Crippen LogP contribution in [-0.2, 0) is 27.2 Å². The van der Waals surface area contributed by atoms with E-state index in [4.69, 9.17) is 0 Å². The number of hydrogen-bond acceptors (Lipinski definition) is 11. The SMILES string of the molecule is CCc1cccc(-c2cnc(C(=O)N3CCC(CN4CCN(CC(=O)N5CCN(C(=O)c6cc(Cc7n[nH]c(=O)c8ccccc78)ccc6F)CC5)CC4)CC3)c(NC(=O)CNC[C@H]3CCN(C)C(=O)C3)c2)c1. The van der Waals surface area contributed by atoms with Crippen LogP contribution >= 0.6 is 0 Å². The Morgan fingerprint density at radius 3 is 2.19 bits per heavy atom. The number of aryl methyl sites for hydroxylation is 1. The van der Waals surface area contributed by atoms with Gasteiger partial charge in [-0.3, -0.25) is 33.7 Å². The van der Waals surface area contributed by atoms with Crippen LogP contribution in [0.15, 0.2) is 83.8 Å². The maximum Gasteiger partial charge on any atom is 0.274 e. The zero-order chi connectivity index (χ0) is 51.0. The second-order valence-corrected chi connectivity index (χ2v) is 20.0. The van der Waals surface area contributed by atoms with Crippen molar-refractivity contribution in [1.82, 2.24) is 49.9 Å². The van der Waals surface area contributed by atoms with Crippen molar-refractivity contribution in [2.75, 3.05) is 111 Å². The molecule has 0 radical (unpaired) electrons. The minimum absolute atomic E-state index is 0.0161. The predicted molar refractivity (Wildman–Crippen MR) is 276 cm³/mol. The molecule has 17 nitrogen and oxygen atoms in total. The van der Waals surface area contributed by atoms with E-state index in [-0.39, 0.29) is 52.9 Å². The first-order valence-corrected chi connectivity index (χ1v) is 25.8. The first-order valence-electron chi connectivity index (χ1n) is 25.8. The van der Waals surface area contributed by atoms with E-state index in [0.29, 0.717) is 105 Å². The highest BCUT2D eigenvalue weighted by Crippen LogP contribution is 2.29. The third-order valence-corrected chi connectivity index (χ3v) is 15.1. The number of aromatic amines is 1. The van der Waals surface area contributed by atoms with Crippen LogP contribution in [0.5, 0.6) is 0 Å². The van der Waals surface area contributed by atoms with Gasteiger partial charge in [0.05, 0.1) is 35.4 Å². The number of hydrogen-bond donors (Lipinski definition) is 3. The van der Waals surface area contributed by atoms with Gasteiger partial charge in [-0.05, 0) is 85.0 Å². The van der Waals surface area contributed by atoms with Crippen molar-refractivity contribution in [2.45, 2.75) is 45.4 Å². The normalized spacial score (nSPS) is 18.3. The second kappa shape index (κ2) is 23.3. The summed E-state index contributed by atoms with van der Waals surface area (Å²) < 4.78 is 15.1.